The van der Waals surface area contributed by atoms with Gasteiger partial charge in [0, 0.05) is 31.5 Å². The molecule has 126 valence electrons. The van der Waals surface area contributed by atoms with E-state index in [4.69, 9.17) is 4.74 Å². The number of pyridine rings is 1. The van der Waals surface area contributed by atoms with Crippen molar-refractivity contribution in [1.82, 2.24) is 9.88 Å². The minimum absolute atomic E-state index is 0.161. The van der Waals surface area contributed by atoms with Gasteiger partial charge in [0.15, 0.2) is 0 Å². The molecule has 5 nitrogen and oxygen atoms in total. The van der Waals surface area contributed by atoms with Crippen molar-refractivity contribution < 1.29 is 13.9 Å². The van der Waals surface area contributed by atoms with Gasteiger partial charge in [-0.2, -0.15) is 0 Å². The summed E-state index contributed by atoms with van der Waals surface area (Å²) in [5, 5.41) is 2.92. The maximum Gasteiger partial charge on any atom is 0.252 e. The predicted octanol–water partition coefficient (Wildman–Crippen LogP) is 2.17. The highest BCUT2D eigenvalue weighted by atomic mass is 19.1. The fraction of sp³-hybridized carbons (Fsp3) is 0.333. The number of hydrogen-bond donors (Lipinski definition) is 1. The Morgan fingerprint density at radius 1 is 1.33 bits per heavy atom. The molecule has 0 radical (unpaired) electrons. The van der Waals surface area contributed by atoms with Crippen LogP contribution in [0.1, 0.15) is 34.8 Å². The van der Waals surface area contributed by atoms with Crippen molar-refractivity contribution in [2.45, 2.75) is 25.0 Å². The average Bonchev–Trinajstić information content (AvgIpc) is 3.10. The molecule has 24 heavy (non-hydrogen) atoms. The van der Waals surface area contributed by atoms with Crippen LogP contribution in [0.2, 0.25) is 0 Å². The zero-order valence-corrected chi connectivity index (χ0v) is 13.4. The quantitative estimate of drug-likeness (QED) is 0.935. The first-order valence-electron chi connectivity index (χ1n) is 7.89. The van der Waals surface area contributed by atoms with Gasteiger partial charge >= 0.3 is 0 Å². The van der Waals surface area contributed by atoms with Crippen LogP contribution in [-0.2, 0) is 11.8 Å². The number of benzene rings is 1. The lowest BCUT2D eigenvalue weighted by Crippen LogP contribution is -2.36. The number of nitrogens with zero attached hydrogens (tertiary/aromatic N) is 1. The number of halogens is 1. The summed E-state index contributed by atoms with van der Waals surface area (Å²) < 4.78 is 20.3. The summed E-state index contributed by atoms with van der Waals surface area (Å²) >= 11 is 0. The molecule has 1 amide bonds. The van der Waals surface area contributed by atoms with E-state index < -0.39 is 0 Å². The number of ether oxygens (including phenoxy) is 1. The smallest absolute Gasteiger partial charge is 0.252 e. The Morgan fingerprint density at radius 3 is 2.71 bits per heavy atom. The van der Waals surface area contributed by atoms with Gasteiger partial charge in [0.25, 0.3) is 11.5 Å². The fourth-order valence-electron chi connectivity index (χ4n) is 2.84. The van der Waals surface area contributed by atoms with E-state index in [2.05, 4.69) is 5.32 Å². The summed E-state index contributed by atoms with van der Waals surface area (Å²) in [5.41, 5.74) is 0.821. The van der Waals surface area contributed by atoms with Crippen LogP contribution in [0.5, 0.6) is 0 Å². The fourth-order valence-corrected chi connectivity index (χ4v) is 2.84. The first-order valence-corrected chi connectivity index (χ1v) is 7.89. The lowest BCUT2D eigenvalue weighted by molar-refractivity contribution is 0.0672. The van der Waals surface area contributed by atoms with Crippen LogP contribution < -0.4 is 10.9 Å². The summed E-state index contributed by atoms with van der Waals surface area (Å²) in [6.45, 7) is 0.643. The Hall–Kier alpha value is -2.47. The zero-order valence-electron chi connectivity index (χ0n) is 13.4. The Morgan fingerprint density at radius 2 is 2.08 bits per heavy atom. The largest absolute Gasteiger partial charge is 0.376 e. The maximum atomic E-state index is 13.2. The predicted molar refractivity (Wildman–Crippen MR) is 87.3 cm³/mol. The van der Waals surface area contributed by atoms with Crippen LogP contribution in [0.25, 0.3) is 0 Å². The second kappa shape index (κ2) is 6.97. The van der Waals surface area contributed by atoms with Crippen LogP contribution in [0.3, 0.4) is 0 Å². The Labute approximate surface area is 139 Å². The lowest BCUT2D eigenvalue weighted by Gasteiger charge is -2.25. The summed E-state index contributed by atoms with van der Waals surface area (Å²) in [5.74, 6) is -0.680. The van der Waals surface area contributed by atoms with Gasteiger partial charge in [0.2, 0.25) is 0 Å². The normalized spacial score (nSPS) is 18.3. The molecule has 1 aliphatic rings. The number of carbonyl (C=O) groups is 1. The minimum Gasteiger partial charge on any atom is -0.376 e. The molecule has 2 atom stereocenters. The van der Waals surface area contributed by atoms with Crippen molar-refractivity contribution >= 4 is 5.91 Å². The van der Waals surface area contributed by atoms with Crippen molar-refractivity contribution in [2.75, 3.05) is 6.61 Å². The van der Waals surface area contributed by atoms with E-state index in [-0.39, 0.29) is 29.4 Å². The number of carbonyl (C=O) groups excluding carboxylic acids is 1. The van der Waals surface area contributed by atoms with Gasteiger partial charge in [-0.15, -0.1) is 0 Å². The Kier molecular flexibility index (Phi) is 4.76. The van der Waals surface area contributed by atoms with Crippen LogP contribution in [0.4, 0.5) is 4.39 Å². The average molecular weight is 330 g/mol. The first kappa shape index (κ1) is 16.4. The highest BCUT2D eigenvalue weighted by molar-refractivity contribution is 5.94. The van der Waals surface area contributed by atoms with E-state index in [1.54, 1.807) is 31.4 Å². The third-order valence-corrected chi connectivity index (χ3v) is 4.22. The maximum absolute atomic E-state index is 13.2. The monoisotopic (exact) mass is 330 g/mol. The summed E-state index contributed by atoms with van der Waals surface area (Å²) in [7, 11) is 1.62. The molecule has 0 aliphatic carbocycles. The molecule has 1 saturated heterocycles. The Balaban J connectivity index is 1.85. The molecule has 0 bridgehead atoms. The number of amides is 1. The van der Waals surface area contributed by atoms with E-state index >= 15 is 0 Å². The second-order valence-electron chi connectivity index (χ2n) is 5.92. The Bertz CT molecular complexity index is 780. The summed E-state index contributed by atoms with van der Waals surface area (Å²) in [6.07, 6.45) is 3.13. The molecule has 1 fully saturated rings. The van der Waals surface area contributed by atoms with E-state index in [0.717, 1.165) is 18.4 Å². The molecule has 1 aliphatic heterocycles. The molecule has 3 rings (SSSR count). The highest BCUT2D eigenvalue weighted by Crippen LogP contribution is 2.27. The van der Waals surface area contributed by atoms with Gasteiger partial charge in [-0.25, -0.2) is 4.39 Å². The number of nitrogens with one attached hydrogen (secondary N) is 1. The van der Waals surface area contributed by atoms with E-state index in [0.29, 0.717) is 12.2 Å². The molecule has 2 heterocycles. The molecular weight excluding hydrogens is 311 g/mol. The molecular formula is C18H19FN2O3. The van der Waals surface area contributed by atoms with Crippen molar-refractivity contribution in [3.8, 4) is 0 Å². The number of aryl methyl sites for hydroxylation is 1. The van der Waals surface area contributed by atoms with E-state index in [1.165, 1.54) is 22.8 Å². The molecule has 0 unspecified atom stereocenters. The molecule has 2 aromatic rings. The molecule has 0 spiro atoms. The van der Waals surface area contributed by atoms with Crippen LogP contribution in [0.15, 0.2) is 47.4 Å². The summed E-state index contributed by atoms with van der Waals surface area (Å²) in [6, 6.07) is 8.52. The van der Waals surface area contributed by atoms with Crippen molar-refractivity contribution in [3.63, 3.8) is 0 Å². The van der Waals surface area contributed by atoms with Gasteiger partial charge in [-0.3, -0.25) is 9.59 Å². The summed E-state index contributed by atoms with van der Waals surface area (Å²) in [4.78, 5) is 24.2. The van der Waals surface area contributed by atoms with Crippen LogP contribution >= 0.6 is 0 Å². The van der Waals surface area contributed by atoms with E-state index in [1.807, 2.05) is 0 Å². The van der Waals surface area contributed by atoms with Gasteiger partial charge < -0.3 is 14.6 Å². The van der Waals surface area contributed by atoms with Gasteiger partial charge in [0.05, 0.1) is 12.1 Å². The zero-order chi connectivity index (χ0) is 17.1. The number of aromatic nitrogens is 1. The number of hydrogen-bond acceptors (Lipinski definition) is 3. The van der Waals surface area contributed by atoms with Gasteiger partial charge in [-0.05, 0) is 36.6 Å². The standard InChI is InChI=1S/C18H19FN2O3/c1-21-9-8-13(11-16(21)22)18(23)20-17(15-3-2-10-24-15)12-4-6-14(19)7-5-12/h4-9,11,15,17H,2-3,10H2,1H3,(H,20,23)/t15-,17-/m0/s1. The highest BCUT2D eigenvalue weighted by Gasteiger charge is 2.29. The van der Waals surface area contributed by atoms with Gasteiger partial charge in [0.1, 0.15) is 5.82 Å². The number of rotatable bonds is 4. The van der Waals surface area contributed by atoms with Crippen molar-refractivity contribution in [2.24, 2.45) is 7.05 Å². The second-order valence-corrected chi connectivity index (χ2v) is 5.92. The first-order chi connectivity index (χ1) is 11.5. The van der Waals surface area contributed by atoms with Gasteiger partial charge in [-0.1, -0.05) is 12.1 Å². The molecule has 6 heteroatoms. The third-order valence-electron chi connectivity index (χ3n) is 4.22. The lowest BCUT2D eigenvalue weighted by atomic mass is 9.98. The molecule has 1 aromatic heterocycles. The molecule has 1 aromatic carbocycles. The van der Waals surface area contributed by atoms with Crippen molar-refractivity contribution in [1.29, 1.82) is 0 Å². The molecule has 1 N–H and O–H groups in total. The van der Waals surface area contributed by atoms with Crippen molar-refractivity contribution in [3.05, 3.63) is 69.9 Å². The SMILES string of the molecule is Cn1ccc(C(=O)N[C@@H](c2ccc(F)cc2)[C@@H]2CCCO2)cc1=O. The third kappa shape index (κ3) is 3.54. The molecule has 0 saturated carbocycles. The van der Waals surface area contributed by atoms with Crippen LogP contribution in [0, 0.1) is 5.82 Å². The minimum atomic E-state index is -0.385. The van der Waals surface area contributed by atoms with E-state index in [9.17, 15) is 14.0 Å². The van der Waals surface area contributed by atoms with Crippen LogP contribution in [-0.4, -0.2) is 23.2 Å². The topological polar surface area (TPSA) is 60.3 Å².